The Morgan fingerprint density at radius 2 is 2.20 bits per heavy atom. The zero-order chi connectivity index (χ0) is 14.5. The second kappa shape index (κ2) is 7.07. The van der Waals surface area contributed by atoms with Gasteiger partial charge in [-0.3, -0.25) is 9.69 Å². The number of hydrogen-bond acceptors (Lipinski definition) is 3. The molecule has 20 heavy (non-hydrogen) atoms. The lowest BCUT2D eigenvalue weighted by Gasteiger charge is -2.34. The van der Waals surface area contributed by atoms with Crippen LogP contribution in [0.25, 0.3) is 0 Å². The first-order chi connectivity index (χ1) is 9.60. The largest absolute Gasteiger partial charge is 0.480 e. The number of hydrogen-bond donors (Lipinski definition) is 2. The molecule has 1 atom stereocenters. The van der Waals surface area contributed by atoms with Crippen molar-refractivity contribution in [2.24, 2.45) is 5.92 Å². The van der Waals surface area contributed by atoms with Gasteiger partial charge in [0.1, 0.15) is 6.04 Å². The number of carboxylic acids is 1. The SMILES string of the molecule is CNC(C(=O)O)C1CCN(Cc2cccc(Cl)c2)CC1. The van der Waals surface area contributed by atoms with Crippen LogP contribution in [0.1, 0.15) is 18.4 Å². The molecule has 1 saturated heterocycles. The van der Waals surface area contributed by atoms with E-state index in [0.29, 0.717) is 0 Å². The molecule has 0 saturated carbocycles. The van der Waals surface area contributed by atoms with Gasteiger partial charge in [0, 0.05) is 11.6 Å². The van der Waals surface area contributed by atoms with Gasteiger partial charge in [0.15, 0.2) is 0 Å². The number of nitrogens with one attached hydrogen (secondary N) is 1. The van der Waals surface area contributed by atoms with Crippen molar-refractivity contribution in [3.63, 3.8) is 0 Å². The van der Waals surface area contributed by atoms with E-state index in [9.17, 15) is 4.79 Å². The van der Waals surface area contributed by atoms with Gasteiger partial charge in [-0.15, -0.1) is 0 Å². The summed E-state index contributed by atoms with van der Waals surface area (Å²) in [5.74, 6) is -0.533. The quantitative estimate of drug-likeness (QED) is 0.875. The van der Waals surface area contributed by atoms with Crippen LogP contribution in [0.3, 0.4) is 0 Å². The molecule has 2 rings (SSSR count). The highest BCUT2D eigenvalue weighted by Crippen LogP contribution is 2.22. The number of aliphatic carboxylic acids is 1. The summed E-state index contributed by atoms with van der Waals surface area (Å²) < 4.78 is 0. The average molecular weight is 297 g/mol. The number of halogens is 1. The highest BCUT2D eigenvalue weighted by molar-refractivity contribution is 6.30. The minimum Gasteiger partial charge on any atom is -0.480 e. The van der Waals surface area contributed by atoms with Crippen LogP contribution in [0.2, 0.25) is 5.02 Å². The molecule has 1 aliphatic rings. The summed E-state index contributed by atoms with van der Waals surface area (Å²) in [6.45, 7) is 2.75. The van der Waals surface area contributed by atoms with Gasteiger partial charge in [-0.25, -0.2) is 0 Å². The van der Waals surface area contributed by atoms with Gasteiger partial charge >= 0.3 is 5.97 Å². The number of carbonyl (C=O) groups is 1. The van der Waals surface area contributed by atoms with Crippen LogP contribution in [0.15, 0.2) is 24.3 Å². The number of rotatable bonds is 5. The van der Waals surface area contributed by atoms with E-state index in [1.54, 1.807) is 7.05 Å². The molecule has 0 aromatic heterocycles. The highest BCUT2D eigenvalue weighted by atomic mass is 35.5. The third-order valence-electron chi connectivity index (χ3n) is 3.98. The number of carboxylic acid groups (broad SMARTS) is 1. The number of likely N-dealkylation sites (N-methyl/N-ethyl adjacent to an activating group) is 1. The topological polar surface area (TPSA) is 52.6 Å². The summed E-state index contributed by atoms with van der Waals surface area (Å²) in [4.78, 5) is 13.5. The van der Waals surface area contributed by atoms with Crippen LogP contribution in [-0.2, 0) is 11.3 Å². The first-order valence-electron chi connectivity index (χ1n) is 6.97. The molecule has 2 N–H and O–H groups in total. The lowest BCUT2D eigenvalue weighted by molar-refractivity contribution is -0.141. The van der Waals surface area contributed by atoms with E-state index in [1.165, 1.54) is 5.56 Å². The van der Waals surface area contributed by atoms with Crippen LogP contribution in [0, 0.1) is 5.92 Å². The first kappa shape index (κ1) is 15.3. The van der Waals surface area contributed by atoms with Gasteiger partial charge in [-0.05, 0) is 56.6 Å². The molecule has 0 radical (unpaired) electrons. The molecule has 4 nitrogen and oxygen atoms in total. The molecule has 1 heterocycles. The summed E-state index contributed by atoms with van der Waals surface area (Å²) in [5, 5.41) is 12.8. The Hall–Kier alpha value is -1.10. The standard InChI is InChI=1S/C15H21ClN2O2/c1-17-14(15(19)20)12-5-7-18(8-6-12)10-11-3-2-4-13(16)9-11/h2-4,9,12,14,17H,5-8,10H2,1H3,(H,19,20). The summed E-state index contributed by atoms with van der Waals surface area (Å²) >= 11 is 5.99. The molecule has 1 aliphatic heterocycles. The Bertz CT molecular complexity index is 459. The predicted octanol–water partition coefficient (Wildman–Crippen LogP) is 2.22. The molecule has 1 aromatic rings. The fourth-order valence-electron chi connectivity index (χ4n) is 2.90. The fourth-order valence-corrected chi connectivity index (χ4v) is 3.11. The summed E-state index contributed by atoms with van der Waals surface area (Å²) in [6.07, 6.45) is 1.83. The van der Waals surface area contributed by atoms with Gasteiger partial charge in [-0.2, -0.15) is 0 Å². The van der Waals surface area contributed by atoms with E-state index in [4.69, 9.17) is 16.7 Å². The average Bonchev–Trinajstić information content (AvgIpc) is 2.41. The number of benzene rings is 1. The molecule has 1 aromatic carbocycles. The van der Waals surface area contributed by atoms with Crippen molar-refractivity contribution in [1.82, 2.24) is 10.2 Å². The maximum Gasteiger partial charge on any atom is 0.320 e. The van der Waals surface area contributed by atoms with Crippen molar-refractivity contribution in [1.29, 1.82) is 0 Å². The lowest BCUT2D eigenvalue weighted by Crippen LogP contribution is -2.46. The summed E-state index contributed by atoms with van der Waals surface area (Å²) in [7, 11) is 1.72. The third kappa shape index (κ3) is 3.95. The van der Waals surface area contributed by atoms with Crippen molar-refractivity contribution >= 4 is 17.6 Å². The van der Waals surface area contributed by atoms with Gasteiger partial charge in [0.2, 0.25) is 0 Å². The molecule has 0 amide bonds. The monoisotopic (exact) mass is 296 g/mol. The zero-order valence-corrected chi connectivity index (χ0v) is 12.4. The number of nitrogens with zero attached hydrogens (tertiary/aromatic N) is 1. The molecule has 0 aliphatic carbocycles. The Morgan fingerprint density at radius 3 is 2.75 bits per heavy atom. The molecule has 1 unspecified atom stereocenters. The Kier molecular flexibility index (Phi) is 5.40. The molecule has 1 fully saturated rings. The molecular formula is C15H21ClN2O2. The Morgan fingerprint density at radius 1 is 1.50 bits per heavy atom. The minimum atomic E-state index is -0.749. The van der Waals surface area contributed by atoms with Gasteiger partial charge in [0.25, 0.3) is 0 Å². The van der Waals surface area contributed by atoms with E-state index in [-0.39, 0.29) is 5.92 Å². The molecular weight excluding hydrogens is 276 g/mol. The van der Waals surface area contributed by atoms with Crippen molar-refractivity contribution in [3.05, 3.63) is 34.9 Å². The molecule has 0 spiro atoms. The van der Waals surface area contributed by atoms with Crippen molar-refractivity contribution in [2.45, 2.75) is 25.4 Å². The van der Waals surface area contributed by atoms with E-state index in [1.807, 2.05) is 18.2 Å². The Balaban J connectivity index is 1.86. The number of piperidine rings is 1. The smallest absolute Gasteiger partial charge is 0.320 e. The second-order valence-corrected chi connectivity index (χ2v) is 5.78. The van der Waals surface area contributed by atoms with Gasteiger partial charge < -0.3 is 10.4 Å². The number of likely N-dealkylation sites (tertiary alicyclic amines) is 1. The highest BCUT2D eigenvalue weighted by Gasteiger charge is 2.29. The fraction of sp³-hybridized carbons (Fsp3) is 0.533. The van der Waals surface area contributed by atoms with Crippen LogP contribution in [0.4, 0.5) is 0 Å². The van der Waals surface area contributed by atoms with E-state index >= 15 is 0 Å². The van der Waals surface area contributed by atoms with Crippen LogP contribution >= 0.6 is 11.6 Å². The second-order valence-electron chi connectivity index (χ2n) is 5.35. The van der Waals surface area contributed by atoms with E-state index < -0.39 is 12.0 Å². The molecule has 110 valence electrons. The normalized spacial score (nSPS) is 18.9. The van der Waals surface area contributed by atoms with Gasteiger partial charge in [0.05, 0.1) is 0 Å². The van der Waals surface area contributed by atoms with Crippen LogP contribution in [0.5, 0.6) is 0 Å². The maximum atomic E-state index is 11.1. The first-order valence-corrected chi connectivity index (χ1v) is 7.35. The summed E-state index contributed by atoms with van der Waals surface area (Å²) in [6, 6.07) is 7.48. The van der Waals surface area contributed by atoms with E-state index in [2.05, 4.69) is 16.3 Å². The molecule has 0 bridgehead atoms. The van der Waals surface area contributed by atoms with Gasteiger partial charge in [-0.1, -0.05) is 23.7 Å². The minimum absolute atomic E-state index is 0.216. The van der Waals surface area contributed by atoms with E-state index in [0.717, 1.165) is 37.5 Å². The maximum absolute atomic E-state index is 11.1. The van der Waals surface area contributed by atoms with Crippen molar-refractivity contribution in [3.8, 4) is 0 Å². The van der Waals surface area contributed by atoms with Crippen LogP contribution in [-0.4, -0.2) is 42.2 Å². The van der Waals surface area contributed by atoms with Crippen molar-refractivity contribution < 1.29 is 9.90 Å². The zero-order valence-electron chi connectivity index (χ0n) is 11.7. The lowest BCUT2D eigenvalue weighted by atomic mass is 9.89. The Labute approximate surface area is 124 Å². The molecule has 5 heteroatoms. The third-order valence-corrected chi connectivity index (χ3v) is 4.21. The summed E-state index contributed by atoms with van der Waals surface area (Å²) in [5.41, 5.74) is 1.21. The van der Waals surface area contributed by atoms with Crippen molar-refractivity contribution in [2.75, 3.05) is 20.1 Å². The predicted molar refractivity (Wildman–Crippen MR) is 79.9 cm³/mol. The van der Waals surface area contributed by atoms with Crippen LogP contribution < -0.4 is 5.32 Å².